The highest BCUT2D eigenvalue weighted by atomic mass is 32.2. The maximum atomic E-state index is 13.2. The number of hydrogen-bond donors (Lipinski definition) is 1. The molecular weight excluding hydrogens is 377 g/mol. The third-order valence-electron chi connectivity index (χ3n) is 4.38. The summed E-state index contributed by atoms with van der Waals surface area (Å²) in [6.07, 6.45) is 1.64. The molecule has 0 fully saturated rings. The zero-order chi connectivity index (χ0) is 20.1. The molecule has 7 heteroatoms. The van der Waals surface area contributed by atoms with Gasteiger partial charge >= 0.3 is 0 Å². The minimum absolute atomic E-state index is 0.0269. The Hall–Kier alpha value is -2.93. The Kier molecular flexibility index (Phi) is 5.94. The van der Waals surface area contributed by atoms with E-state index in [1.165, 1.54) is 17.7 Å². The number of nitrogens with zero attached hydrogens (tertiary/aromatic N) is 2. The molecule has 0 atom stereocenters. The van der Waals surface area contributed by atoms with Crippen molar-refractivity contribution < 1.29 is 12.8 Å². The zero-order valence-electron chi connectivity index (χ0n) is 15.8. The van der Waals surface area contributed by atoms with E-state index in [0.717, 1.165) is 24.8 Å². The molecule has 0 spiro atoms. The van der Waals surface area contributed by atoms with Gasteiger partial charge in [-0.25, -0.2) is 17.8 Å². The lowest BCUT2D eigenvalue weighted by atomic mass is 10.2. The van der Waals surface area contributed by atoms with Gasteiger partial charge in [-0.05, 0) is 55.3 Å². The molecular formula is C21H22FN3O2S. The summed E-state index contributed by atoms with van der Waals surface area (Å²) in [7, 11) is -3.84. The Morgan fingerprint density at radius 1 is 1.07 bits per heavy atom. The van der Waals surface area contributed by atoms with Crippen LogP contribution in [0.2, 0.25) is 0 Å². The lowest BCUT2D eigenvalue weighted by Crippen LogP contribution is -2.22. The highest BCUT2D eigenvalue weighted by molar-refractivity contribution is 7.92. The van der Waals surface area contributed by atoms with Crippen molar-refractivity contribution in [1.82, 2.24) is 4.98 Å². The van der Waals surface area contributed by atoms with E-state index in [9.17, 15) is 12.8 Å². The molecule has 0 aliphatic heterocycles. The van der Waals surface area contributed by atoms with Crippen LogP contribution in [0.25, 0.3) is 0 Å². The van der Waals surface area contributed by atoms with Crippen LogP contribution in [0, 0.1) is 12.7 Å². The minimum atomic E-state index is -3.84. The van der Waals surface area contributed by atoms with Crippen LogP contribution in [-0.4, -0.2) is 19.9 Å². The predicted octanol–water partition coefficient (Wildman–Crippen LogP) is 4.36. The first-order valence-corrected chi connectivity index (χ1v) is 10.4. The SMILES string of the molecule is CCN(Cc1ccccc1)c1ccc(NS(=O)(=O)c2ccc(F)cc2C)nc1. The number of anilines is 2. The summed E-state index contributed by atoms with van der Waals surface area (Å²) in [4.78, 5) is 6.41. The van der Waals surface area contributed by atoms with Crippen molar-refractivity contribution in [2.24, 2.45) is 0 Å². The van der Waals surface area contributed by atoms with E-state index in [1.54, 1.807) is 19.2 Å². The summed E-state index contributed by atoms with van der Waals surface area (Å²) < 4.78 is 40.8. The van der Waals surface area contributed by atoms with Crippen molar-refractivity contribution in [3.8, 4) is 0 Å². The molecule has 0 unspecified atom stereocenters. The minimum Gasteiger partial charge on any atom is -0.366 e. The fourth-order valence-corrected chi connectivity index (χ4v) is 4.17. The highest BCUT2D eigenvalue weighted by Gasteiger charge is 2.18. The molecule has 1 heterocycles. The van der Waals surface area contributed by atoms with Crippen molar-refractivity contribution in [1.29, 1.82) is 0 Å². The van der Waals surface area contributed by atoms with Crippen LogP contribution in [0.1, 0.15) is 18.1 Å². The molecule has 5 nitrogen and oxygen atoms in total. The van der Waals surface area contributed by atoms with Crippen LogP contribution in [0.15, 0.2) is 71.8 Å². The topological polar surface area (TPSA) is 62.3 Å². The number of hydrogen-bond acceptors (Lipinski definition) is 4. The van der Waals surface area contributed by atoms with Crippen LogP contribution < -0.4 is 9.62 Å². The van der Waals surface area contributed by atoms with Gasteiger partial charge < -0.3 is 4.90 Å². The fourth-order valence-electron chi connectivity index (χ4n) is 2.93. The second-order valence-electron chi connectivity index (χ2n) is 6.42. The van der Waals surface area contributed by atoms with E-state index in [-0.39, 0.29) is 10.7 Å². The molecule has 0 radical (unpaired) electrons. The van der Waals surface area contributed by atoms with E-state index in [2.05, 4.69) is 33.7 Å². The number of sulfonamides is 1. The summed E-state index contributed by atoms with van der Waals surface area (Å²) >= 11 is 0. The summed E-state index contributed by atoms with van der Waals surface area (Å²) in [5.41, 5.74) is 2.41. The van der Waals surface area contributed by atoms with Gasteiger partial charge in [0.05, 0.1) is 16.8 Å². The Balaban J connectivity index is 1.76. The summed E-state index contributed by atoms with van der Waals surface area (Å²) in [5, 5.41) is 0. The predicted molar refractivity (Wildman–Crippen MR) is 109 cm³/mol. The standard InChI is InChI=1S/C21H22FN3O2S/c1-3-25(15-17-7-5-4-6-8-17)19-10-12-21(23-14-19)24-28(26,27)20-11-9-18(22)13-16(20)2/h4-14H,3,15H2,1-2H3,(H,23,24). The summed E-state index contributed by atoms with van der Waals surface area (Å²) in [6, 6.07) is 17.1. The van der Waals surface area contributed by atoms with Gasteiger partial charge in [0.25, 0.3) is 10.0 Å². The van der Waals surface area contributed by atoms with Crippen LogP contribution in [0.5, 0.6) is 0 Å². The molecule has 28 heavy (non-hydrogen) atoms. The van der Waals surface area contributed by atoms with Crippen LogP contribution >= 0.6 is 0 Å². The van der Waals surface area contributed by atoms with Crippen LogP contribution in [0.3, 0.4) is 0 Å². The largest absolute Gasteiger partial charge is 0.366 e. The molecule has 3 aromatic rings. The lowest BCUT2D eigenvalue weighted by Gasteiger charge is -2.23. The molecule has 0 bridgehead atoms. The van der Waals surface area contributed by atoms with Crippen LogP contribution in [-0.2, 0) is 16.6 Å². The van der Waals surface area contributed by atoms with Crippen molar-refractivity contribution in [2.75, 3.05) is 16.2 Å². The normalized spacial score (nSPS) is 11.2. The Bertz CT molecular complexity index is 1040. The maximum absolute atomic E-state index is 13.2. The zero-order valence-corrected chi connectivity index (χ0v) is 16.6. The third-order valence-corrected chi connectivity index (χ3v) is 5.89. The number of halogens is 1. The number of aromatic nitrogens is 1. The second-order valence-corrected chi connectivity index (χ2v) is 8.07. The lowest BCUT2D eigenvalue weighted by molar-refractivity contribution is 0.598. The number of pyridine rings is 1. The van der Waals surface area contributed by atoms with Gasteiger partial charge in [0.1, 0.15) is 11.6 Å². The van der Waals surface area contributed by atoms with Crippen molar-refractivity contribution in [3.05, 3.63) is 83.8 Å². The first-order chi connectivity index (χ1) is 13.4. The van der Waals surface area contributed by atoms with Crippen LogP contribution in [0.4, 0.5) is 15.9 Å². The van der Waals surface area contributed by atoms with Crippen molar-refractivity contribution in [3.63, 3.8) is 0 Å². The quantitative estimate of drug-likeness (QED) is 0.641. The monoisotopic (exact) mass is 399 g/mol. The van der Waals surface area contributed by atoms with E-state index in [1.807, 2.05) is 24.3 Å². The first-order valence-electron chi connectivity index (χ1n) is 8.93. The van der Waals surface area contributed by atoms with Crippen molar-refractivity contribution in [2.45, 2.75) is 25.3 Å². The summed E-state index contributed by atoms with van der Waals surface area (Å²) in [6.45, 7) is 5.13. The first kappa shape index (κ1) is 19.8. The maximum Gasteiger partial charge on any atom is 0.263 e. The summed E-state index contributed by atoms with van der Waals surface area (Å²) in [5.74, 6) is -0.264. The van der Waals surface area contributed by atoms with Gasteiger partial charge in [0.15, 0.2) is 0 Å². The average Bonchev–Trinajstić information content (AvgIpc) is 2.67. The molecule has 0 saturated heterocycles. The van der Waals surface area contributed by atoms with E-state index < -0.39 is 15.8 Å². The number of nitrogens with one attached hydrogen (secondary N) is 1. The molecule has 0 aliphatic carbocycles. The average molecular weight is 399 g/mol. The molecule has 0 aliphatic rings. The molecule has 1 N–H and O–H groups in total. The highest BCUT2D eigenvalue weighted by Crippen LogP contribution is 2.22. The molecule has 3 rings (SSSR count). The molecule has 0 saturated carbocycles. The van der Waals surface area contributed by atoms with Gasteiger partial charge in [-0.3, -0.25) is 4.72 Å². The Labute approximate surface area is 164 Å². The third kappa shape index (κ3) is 4.67. The van der Waals surface area contributed by atoms with Gasteiger partial charge in [-0.1, -0.05) is 30.3 Å². The number of aryl methyl sites for hydroxylation is 1. The molecule has 2 aromatic carbocycles. The molecule has 146 valence electrons. The van der Waals surface area contributed by atoms with E-state index in [4.69, 9.17) is 0 Å². The molecule has 1 aromatic heterocycles. The smallest absolute Gasteiger partial charge is 0.263 e. The van der Waals surface area contributed by atoms with Gasteiger partial charge in [-0.15, -0.1) is 0 Å². The van der Waals surface area contributed by atoms with Gasteiger partial charge in [-0.2, -0.15) is 0 Å². The van der Waals surface area contributed by atoms with Gasteiger partial charge in [0.2, 0.25) is 0 Å². The fraction of sp³-hybridized carbons (Fsp3) is 0.190. The van der Waals surface area contributed by atoms with Gasteiger partial charge in [0, 0.05) is 13.1 Å². The molecule has 0 amide bonds. The number of benzene rings is 2. The van der Waals surface area contributed by atoms with Crippen molar-refractivity contribution >= 4 is 21.5 Å². The van der Waals surface area contributed by atoms with E-state index >= 15 is 0 Å². The number of rotatable bonds is 7. The van der Waals surface area contributed by atoms with E-state index in [0.29, 0.717) is 5.56 Å². The Morgan fingerprint density at radius 3 is 2.43 bits per heavy atom. The second kappa shape index (κ2) is 8.39. The Morgan fingerprint density at radius 2 is 1.82 bits per heavy atom.